The molecule has 0 aliphatic carbocycles. The summed E-state index contributed by atoms with van der Waals surface area (Å²) in [6.45, 7) is 0.906. The van der Waals surface area contributed by atoms with Crippen molar-refractivity contribution in [3.05, 3.63) is 52.4 Å². The number of piperazine rings is 1. The van der Waals surface area contributed by atoms with Crippen LogP contribution in [0.15, 0.2) is 45.7 Å². The molecule has 1 aliphatic heterocycles. The highest BCUT2D eigenvalue weighted by Crippen LogP contribution is 2.25. The van der Waals surface area contributed by atoms with Crippen LogP contribution >= 0.6 is 23.2 Å². The van der Waals surface area contributed by atoms with Crippen molar-refractivity contribution in [3.8, 4) is 0 Å². The number of sulfonamides is 1. The van der Waals surface area contributed by atoms with Crippen LogP contribution in [0.25, 0.3) is 0 Å². The average molecular weight is 389 g/mol. The smallest absolute Gasteiger partial charge is 0.289 e. The van der Waals surface area contributed by atoms with Crippen LogP contribution in [-0.4, -0.2) is 49.7 Å². The van der Waals surface area contributed by atoms with Gasteiger partial charge in [-0.2, -0.15) is 4.31 Å². The molecule has 1 fully saturated rings. The number of furan rings is 1. The van der Waals surface area contributed by atoms with Crippen molar-refractivity contribution in [3.63, 3.8) is 0 Å². The van der Waals surface area contributed by atoms with Crippen molar-refractivity contribution in [2.45, 2.75) is 4.90 Å². The lowest BCUT2D eigenvalue weighted by Gasteiger charge is -2.33. The summed E-state index contributed by atoms with van der Waals surface area (Å²) in [5.41, 5.74) is 0. The van der Waals surface area contributed by atoms with E-state index in [1.165, 1.54) is 33.5 Å². The molecule has 0 unspecified atom stereocenters. The Kier molecular flexibility index (Phi) is 4.87. The van der Waals surface area contributed by atoms with Gasteiger partial charge in [-0.3, -0.25) is 4.79 Å². The monoisotopic (exact) mass is 388 g/mol. The van der Waals surface area contributed by atoms with E-state index in [9.17, 15) is 13.2 Å². The van der Waals surface area contributed by atoms with E-state index >= 15 is 0 Å². The number of carbonyl (C=O) groups excluding carboxylic acids is 1. The maximum Gasteiger partial charge on any atom is 0.289 e. The second-order valence-electron chi connectivity index (χ2n) is 5.23. The molecule has 0 N–H and O–H groups in total. The van der Waals surface area contributed by atoms with Gasteiger partial charge in [-0.25, -0.2) is 8.42 Å². The van der Waals surface area contributed by atoms with E-state index in [0.29, 0.717) is 0 Å². The third kappa shape index (κ3) is 3.30. The van der Waals surface area contributed by atoms with Gasteiger partial charge in [0.1, 0.15) is 4.90 Å². The highest BCUT2D eigenvalue weighted by atomic mass is 35.5. The minimum atomic E-state index is -3.68. The van der Waals surface area contributed by atoms with Gasteiger partial charge in [0.05, 0.1) is 5.02 Å². The summed E-state index contributed by atoms with van der Waals surface area (Å²) >= 11 is 11.7. The molecule has 9 heteroatoms. The topological polar surface area (TPSA) is 70.8 Å². The molecule has 1 amide bonds. The maximum atomic E-state index is 12.7. The number of amides is 1. The van der Waals surface area contributed by atoms with Gasteiger partial charge in [-0.05, 0) is 35.9 Å². The molecule has 6 nitrogen and oxygen atoms in total. The molecular formula is C15H14Cl2N2O4S. The van der Waals surface area contributed by atoms with E-state index in [4.69, 9.17) is 27.6 Å². The van der Waals surface area contributed by atoms with Crippen molar-refractivity contribution in [1.82, 2.24) is 9.21 Å². The van der Waals surface area contributed by atoms with Crippen LogP contribution in [0, 0.1) is 0 Å². The van der Waals surface area contributed by atoms with E-state index in [0.717, 1.165) is 0 Å². The minimum Gasteiger partial charge on any atom is -0.440 e. The number of hydrogen-bond acceptors (Lipinski definition) is 4. The first-order chi connectivity index (χ1) is 11.4. The Morgan fingerprint density at radius 2 is 1.67 bits per heavy atom. The maximum absolute atomic E-state index is 12.7. The zero-order valence-electron chi connectivity index (χ0n) is 12.5. The van der Waals surface area contributed by atoms with Crippen LogP contribution in [0.3, 0.4) is 0 Å². The summed E-state index contributed by atoms with van der Waals surface area (Å²) in [6, 6.07) is 9.30. The van der Waals surface area contributed by atoms with Gasteiger partial charge < -0.3 is 9.32 Å². The summed E-state index contributed by atoms with van der Waals surface area (Å²) in [4.78, 5) is 13.9. The Morgan fingerprint density at radius 1 is 1.00 bits per heavy atom. The number of nitrogens with zero attached hydrogens (tertiary/aromatic N) is 2. The molecule has 0 atom stereocenters. The molecule has 0 radical (unpaired) electrons. The number of hydrogen-bond donors (Lipinski definition) is 0. The molecule has 1 aliphatic rings. The number of carbonyl (C=O) groups is 1. The van der Waals surface area contributed by atoms with E-state index in [1.807, 2.05) is 0 Å². The van der Waals surface area contributed by atoms with E-state index in [-0.39, 0.29) is 53.0 Å². The quantitative estimate of drug-likeness (QED) is 0.810. The summed E-state index contributed by atoms with van der Waals surface area (Å²) in [5.74, 6) is -0.167. The Bertz CT molecular complexity index is 858. The van der Waals surface area contributed by atoms with E-state index in [2.05, 4.69) is 0 Å². The molecule has 2 heterocycles. The Labute approximate surface area is 149 Å². The second-order valence-corrected chi connectivity index (χ2v) is 7.92. The number of halogens is 2. The first-order valence-corrected chi connectivity index (χ1v) is 9.38. The molecule has 0 bridgehead atoms. The lowest BCUT2D eigenvalue weighted by molar-refractivity contribution is 0.0666. The molecule has 1 aromatic heterocycles. The Balaban J connectivity index is 1.71. The van der Waals surface area contributed by atoms with Gasteiger partial charge in [0.15, 0.2) is 11.0 Å². The lowest BCUT2D eigenvalue weighted by atomic mass is 10.3. The van der Waals surface area contributed by atoms with Crippen LogP contribution in [0.5, 0.6) is 0 Å². The summed E-state index contributed by atoms with van der Waals surface area (Å²) < 4.78 is 31.7. The molecule has 2 aromatic rings. The molecule has 0 spiro atoms. The van der Waals surface area contributed by atoms with Gasteiger partial charge in [-0.1, -0.05) is 23.7 Å². The Hall–Kier alpha value is -1.54. The van der Waals surface area contributed by atoms with Crippen LogP contribution in [-0.2, 0) is 10.0 Å². The predicted octanol–water partition coefficient (Wildman–Crippen LogP) is 2.73. The molecule has 24 heavy (non-hydrogen) atoms. The fourth-order valence-electron chi connectivity index (χ4n) is 2.51. The molecule has 1 saturated heterocycles. The summed E-state index contributed by atoms with van der Waals surface area (Å²) in [5, 5.41) is 0.319. The molecule has 1 aromatic carbocycles. The van der Waals surface area contributed by atoms with Crippen LogP contribution in [0.4, 0.5) is 0 Å². The molecular weight excluding hydrogens is 375 g/mol. The van der Waals surface area contributed by atoms with E-state index in [1.54, 1.807) is 12.1 Å². The predicted molar refractivity (Wildman–Crippen MR) is 89.8 cm³/mol. The summed E-state index contributed by atoms with van der Waals surface area (Å²) in [7, 11) is -3.68. The van der Waals surface area contributed by atoms with Crippen molar-refractivity contribution < 1.29 is 17.6 Å². The summed E-state index contributed by atoms with van der Waals surface area (Å²) in [6.07, 6.45) is 0. The van der Waals surface area contributed by atoms with Gasteiger partial charge in [0.2, 0.25) is 10.0 Å². The SMILES string of the molecule is O=C(c1ccc(Cl)o1)N1CCN(S(=O)(=O)c2ccccc2Cl)CC1. The van der Waals surface area contributed by atoms with Crippen LogP contribution in [0.1, 0.15) is 10.6 Å². The van der Waals surface area contributed by atoms with Gasteiger partial charge in [0, 0.05) is 26.2 Å². The van der Waals surface area contributed by atoms with Crippen molar-refractivity contribution in [2.75, 3.05) is 26.2 Å². The van der Waals surface area contributed by atoms with Crippen molar-refractivity contribution >= 4 is 39.1 Å². The first-order valence-electron chi connectivity index (χ1n) is 7.19. The zero-order valence-corrected chi connectivity index (χ0v) is 14.8. The van der Waals surface area contributed by atoms with E-state index < -0.39 is 10.0 Å². The van der Waals surface area contributed by atoms with Crippen LogP contribution < -0.4 is 0 Å². The molecule has 0 saturated carbocycles. The standard InChI is InChI=1S/C15H14Cl2N2O4S/c16-11-3-1-2-4-13(11)24(21,22)19-9-7-18(8-10-19)15(20)12-5-6-14(17)23-12/h1-6H,7-10H2. The fraction of sp³-hybridized carbons (Fsp3) is 0.267. The van der Waals surface area contributed by atoms with Gasteiger partial charge in [0.25, 0.3) is 5.91 Å². The average Bonchev–Trinajstić information content (AvgIpc) is 3.01. The van der Waals surface area contributed by atoms with Crippen molar-refractivity contribution in [1.29, 1.82) is 0 Å². The number of benzene rings is 1. The number of rotatable bonds is 3. The third-order valence-electron chi connectivity index (χ3n) is 3.76. The van der Waals surface area contributed by atoms with Gasteiger partial charge in [-0.15, -0.1) is 0 Å². The fourth-order valence-corrected chi connectivity index (χ4v) is 4.57. The minimum absolute atomic E-state index is 0.0734. The highest BCUT2D eigenvalue weighted by molar-refractivity contribution is 7.89. The largest absolute Gasteiger partial charge is 0.440 e. The molecule has 128 valence electrons. The zero-order chi connectivity index (χ0) is 17.3. The Morgan fingerprint density at radius 3 is 2.25 bits per heavy atom. The lowest BCUT2D eigenvalue weighted by Crippen LogP contribution is -2.50. The first kappa shape index (κ1) is 17.3. The van der Waals surface area contributed by atoms with Gasteiger partial charge >= 0.3 is 0 Å². The highest BCUT2D eigenvalue weighted by Gasteiger charge is 2.32. The van der Waals surface area contributed by atoms with Crippen molar-refractivity contribution in [2.24, 2.45) is 0 Å². The van der Waals surface area contributed by atoms with Crippen LogP contribution in [0.2, 0.25) is 10.2 Å². The molecule has 3 rings (SSSR count). The normalized spacial score (nSPS) is 16.3. The second kappa shape index (κ2) is 6.76. The third-order valence-corrected chi connectivity index (χ3v) is 6.37.